The van der Waals surface area contributed by atoms with E-state index in [0.29, 0.717) is 5.41 Å². The van der Waals surface area contributed by atoms with Gasteiger partial charge in [-0.3, -0.25) is 4.98 Å². The van der Waals surface area contributed by atoms with Crippen molar-refractivity contribution in [3.05, 3.63) is 24.0 Å². The molecular weight excluding hydrogens is 200 g/mol. The van der Waals surface area contributed by atoms with Gasteiger partial charge in [-0.15, -0.1) is 0 Å². The molecule has 0 amide bonds. The Kier molecular flexibility index (Phi) is 3.44. The van der Waals surface area contributed by atoms with E-state index in [9.17, 15) is 0 Å². The van der Waals surface area contributed by atoms with Gasteiger partial charge in [-0.25, -0.2) is 0 Å². The first-order valence-electron chi connectivity index (χ1n) is 5.89. The van der Waals surface area contributed by atoms with Crippen LogP contribution < -0.4 is 5.32 Å². The average Bonchev–Trinajstić information content (AvgIpc) is 3.06. The van der Waals surface area contributed by atoms with Crippen LogP contribution in [0, 0.1) is 12.3 Å². The van der Waals surface area contributed by atoms with Crippen LogP contribution in [0.2, 0.25) is 0 Å². The van der Waals surface area contributed by atoms with E-state index in [1.54, 1.807) is 7.11 Å². The molecule has 0 spiro atoms. The topological polar surface area (TPSA) is 34.1 Å². The molecule has 0 aliphatic heterocycles. The van der Waals surface area contributed by atoms with Gasteiger partial charge in [0.25, 0.3) is 0 Å². The molecule has 3 nitrogen and oxygen atoms in total. The number of pyridine rings is 1. The van der Waals surface area contributed by atoms with Gasteiger partial charge in [-0.2, -0.15) is 0 Å². The molecule has 1 aromatic rings. The largest absolute Gasteiger partial charge is 0.385 e. The molecule has 0 saturated heterocycles. The highest BCUT2D eigenvalue weighted by atomic mass is 16.5. The van der Waals surface area contributed by atoms with Crippen LogP contribution in [0.15, 0.2) is 18.5 Å². The van der Waals surface area contributed by atoms with Gasteiger partial charge in [0.15, 0.2) is 0 Å². The lowest BCUT2D eigenvalue weighted by molar-refractivity contribution is 0.175. The van der Waals surface area contributed by atoms with E-state index in [0.717, 1.165) is 13.2 Å². The summed E-state index contributed by atoms with van der Waals surface area (Å²) in [7, 11) is 1.77. The molecule has 16 heavy (non-hydrogen) atoms. The molecule has 1 aromatic heterocycles. The molecule has 1 N–H and O–H groups in total. The van der Waals surface area contributed by atoms with E-state index in [4.69, 9.17) is 4.74 Å². The first-order valence-corrected chi connectivity index (χ1v) is 5.89. The minimum absolute atomic E-state index is 0.492. The molecule has 1 aliphatic rings. The molecule has 3 heteroatoms. The van der Waals surface area contributed by atoms with Crippen LogP contribution in [-0.2, 0) is 4.74 Å². The van der Waals surface area contributed by atoms with E-state index >= 15 is 0 Å². The van der Waals surface area contributed by atoms with Gasteiger partial charge in [0.2, 0.25) is 0 Å². The van der Waals surface area contributed by atoms with Crippen molar-refractivity contribution in [1.29, 1.82) is 0 Å². The molecule has 1 heterocycles. The zero-order valence-corrected chi connectivity index (χ0v) is 10.1. The number of aryl methyl sites for hydroxylation is 1. The highest BCUT2D eigenvalue weighted by Gasteiger charge is 2.41. The van der Waals surface area contributed by atoms with Crippen LogP contribution in [-0.4, -0.2) is 25.2 Å². The standard InChI is InChI=1S/C13H20N2O/c1-11-9-14-7-3-12(11)15-10-13(4-5-13)6-8-16-2/h3,7,9H,4-6,8,10H2,1-2H3,(H,14,15). The van der Waals surface area contributed by atoms with Crippen molar-refractivity contribution in [2.45, 2.75) is 26.2 Å². The van der Waals surface area contributed by atoms with Crippen molar-refractivity contribution in [1.82, 2.24) is 4.98 Å². The number of hydrogen-bond acceptors (Lipinski definition) is 3. The van der Waals surface area contributed by atoms with E-state index in [1.165, 1.54) is 30.5 Å². The summed E-state index contributed by atoms with van der Waals surface area (Å²) in [4.78, 5) is 4.09. The van der Waals surface area contributed by atoms with E-state index in [1.807, 2.05) is 18.5 Å². The average molecular weight is 220 g/mol. The Labute approximate surface area is 97.2 Å². The minimum Gasteiger partial charge on any atom is -0.385 e. The van der Waals surface area contributed by atoms with Crippen LogP contribution in [0.5, 0.6) is 0 Å². The highest BCUT2D eigenvalue weighted by Crippen LogP contribution is 2.48. The van der Waals surface area contributed by atoms with Gasteiger partial charge in [-0.1, -0.05) is 0 Å². The normalized spacial score (nSPS) is 17.1. The van der Waals surface area contributed by atoms with Gasteiger partial charge in [0.05, 0.1) is 0 Å². The first kappa shape index (κ1) is 11.4. The van der Waals surface area contributed by atoms with Gasteiger partial charge in [0.1, 0.15) is 0 Å². The maximum Gasteiger partial charge on any atom is 0.0468 e. The summed E-state index contributed by atoms with van der Waals surface area (Å²) in [5.74, 6) is 0. The number of rotatable bonds is 6. The lowest BCUT2D eigenvalue weighted by atomic mass is 10.0. The fourth-order valence-corrected chi connectivity index (χ4v) is 1.96. The van der Waals surface area contributed by atoms with Crippen LogP contribution in [0.3, 0.4) is 0 Å². The van der Waals surface area contributed by atoms with Gasteiger partial charge in [0, 0.05) is 38.3 Å². The third kappa shape index (κ3) is 2.73. The molecular formula is C13H20N2O. The maximum absolute atomic E-state index is 5.16. The van der Waals surface area contributed by atoms with E-state index in [-0.39, 0.29) is 0 Å². The summed E-state index contributed by atoms with van der Waals surface area (Å²) in [6.07, 6.45) is 7.56. The van der Waals surface area contributed by atoms with Gasteiger partial charge in [-0.05, 0) is 43.2 Å². The number of ether oxygens (including phenoxy) is 1. The van der Waals surface area contributed by atoms with E-state index < -0.39 is 0 Å². The lowest BCUT2D eigenvalue weighted by Gasteiger charge is -2.17. The number of nitrogens with one attached hydrogen (secondary N) is 1. The Morgan fingerprint density at radius 3 is 2.94 bits per heavy atom. The SMILES string of the molecule is COCCC1(CNc2ccncc2C)CC1. The second-order valence-electron chi connectivity index (χ2n) is 4.79. The highest BCUT2D eigenvalue weighted by molar-refractivity contribution is 5.48. The first-order chi connectivity index (χ1) is 7.76. The maximum atomic E-state index is 5.16. The molecule has 0 aromatic carbocycles. The fourth-order valence-electron chi connectivity index (χ4n) is 1.96. The Hall–Kier alpha value is -1.09. The van der Waals surface area contributed by atoms with Crippen molar-refractivity contribution in [2.24, 2.45) is 5.41 Å². The minimum atomic E-state index is 0.492. The Morgan fingerprint density at radius 1 is 1.50 bits per heavy atom. The van der Waals surface area contributed by atoms with Crippen LogP contribution in [0.1, 0.15) is 24.8 Å². The smallest absolute Gasteiger partial charge is 0.0468 e. The summed E-state index contributed by atoms with van der Waals surface area (Å²) in [5, 5.41) is 3.53. The van der Waals surface area contributed by atoms with Crippen molar-refractivity contribution >= 4 is 5.69 Å². The van der Waals surface area contributed by atoms with Crippen molar-refractivity contribution in [2.75, 3.05) is 25.6 Å². The zero-order chi connectivity index (χ0) is 11.4. The molecule has 0 bridgehead atoms. The van der Waals surface area contributed by atoms with Crippen molar-refractivity contribution in [3.63, 3.8) is 0 Å². The summed E-state index contributed by atoms with van der Waals surface area (Å²) >= 11 is 0. The zero-order valence-electron chi connectivity index (χ0n) is 10.1. The predicted octanol–water partition coefficient (Wildman–Crippen LogP) is 2.62. The summed E-state index contributed by atoms with van der Waals surface area (Å²) in [5.41, 5.74) is 2.91. The Balaban J connectivity index is 1.85. The molecule has 88 valence electrons. The van der Waals surface area contributed by atoms with Crippen molar-refractivity contribution < 1.29 is 4.74 Å². The Bertz CT molecular complexity index is 348. The second-order valence-corrected chi connectivity index (χ2v) is 4.79. The van der Waals surface area contributed by atoms with Gasteiger partial charge >= 0.3 is 0 Å². The molecule has 0 atom stereocenters. The van der Waals surface area contributed by atoms with Crippen LogP contribution in [0.4, 0.5) is 5.69 Å². The number of methoxy groups -OCH3 is 1. The number of aromatic nitrogens is 1. The van der Waals surface area contributed by atoms with Gasteiger partial charge < -0.3 is 10.1 Å². The monoisotopic (exact) mass is 220 g/mol. The molecule has 1 saturated carbocycles. The molecule has 2 rings (SSSR count). The Morgan fingerprint density at radius 2 is 2.31 bits per heavy atom. The molecule has 0 unspecified atom stereocenters. The predicted molar refractivity (Wildman–Crippen MR) is 65.6 cm³/mol. The summed E-state index contributed by atoms with van der Waals surface area (Å²) < 4.78 is 5.16. The summed E-state index contributed by atoms with van der Waals surface area (Å²) in [6, 6.07) is 2.04. The van der Waals surface area contributed by atoms with E-state index in [2.05, 4.69) is 17.2 Å². The molecule has 1 fully saturated rings. The fraction of sp³-hybridized carbons (Fsp3) is 0.615. The third-order valence-electron chi connectivity index (χ3n) is 3.47. The quantitative estimate of drug-likeness (QED) is 0.800. The molecule has 1 aliphatic carbocycles. The number of nitrogens with zero attached hydrogens (tertiary/aromatic N) is 1. The second kappa shape index (κ2) is 4.83. The summed E-state index contributed by atoms with van der Waals surface area (Å²) in [6.45, 7) is 4.02. The third-order valence-corrected chi connectivity index (χ3v) is 3.47. The molecule has 0 radical (unpaired) electrons. The number of anilines is 1. The van der Waals surface area contributed by atoms with Crippen molar-refractivity contribution in [3.8, 4) is 0 Å². The van der Waals surface area contributed by atoms with Crippen LogP contribution in [0.25, 0.3) is 0 Å². The number of hydrogen-bond donors (Lipinski definition) is 1. The lowest BCUT2D eigenvalue weighted by Crippen LogP contribution is -2.17. The van der Waals surface area contributed by atoms with Crippen LogP contribution >= 0.6 is 0 Å².